The smallest absolute Gasteiger partial charge is 0.326 e. The van der Waals surface area contributed by atoms with E-state index in [2.05, 4.69) is 5.32 Å². The van der Waals surface area contributed by atoms with E-state index >= 15 is 0 Å². The first kappa shape index (κ1) is 13.9. The van der Waals surface area contributed by atoms with Gasteiger partial charge < -0.3 is 15.2 Å². The van der Waals surface area contributed by atoms with Crippen LogP contribution in [0.4, 0.5) is 0 Å². The third-order valence-electron chi connectivity index (χ3n) is 2.62. The molecule has 15 heavy (non-hydrogen) atoms. The van der Waals surface area contributed by atoms with Gasteiger partial charge in [-0.2, -0.15) is 0 Å². The number of amides is 1. The minimum absolute atomic E-state index is 0.352. The number of carboxylic acid groups (broad SMARTS) is 1. The molecule has 2 unspecified atom stereocenters. The first-order valence-corrected chi connectivity index (χ1v) is 5.00. The highest BCUT2D eigenvalue weighted by atomic mass is 16.5. The Morgan fingerprint density at radius 3 is 2.27 bits per heavy atom. The molecular weight excluding hydrogens is 198 g/mol. The minimum Gasteiger partial charge on any atom is -0.480 e. The topological polar surface area (TPSA) is 75.6 Å². The summed E-state index contributed by atoms with van der Waals surface area (Å²) in [5.41, 5.74) is -0.955. The Bertz CT molecular complexity index is 236. The molecule has 0 aromatic heterocycles. The van der Waals surface area contributed by atoms with E-state index in [0.717, 1.165) is 0 Å². The van der Waals surface area contributed by atoms with Gasteiger partial charge in [-0.3, -0.25) is 4.79 Å². The third-order valence-corrected chi connectivity index (χ3v) is 2.62. The van der Waals surface area contributed by atoms with Crippen molar-refractivity contribution in [3.05, 3.63) is 0 Å². The van der Waals surface area contributed by atoms with Crippen LogP contribution in [0.15, 0.2) is 0 Å². The zero-order chi connectivity index (χ0) is 12.1. The fourth-order valence-corrected chi connectivity index (χ4v) is 1.05. The molecule has 0 aliphatic heterocycles. The number of ether oxygens (including phenoxy) is 1. The number of nitrogens with one attached hydrogen (secondary N) is 1. The normalized spacial score (nSPS) is 16.5. The second-order valence-corrected chi connectivity index (χ2v) is 3.56. The number of methoxy groups -OCH3 is 1. The number of aliphatic carboxylic acids is 1. The zero-order valence-corrected chi connectivity index (χ0v) is 9.66. The quantitative estimate of drug-likeness (QED) is 0.689. The number of hydrogen-bond acceptors (Lipinski definition) is 3. The summed E-state index contributed by atoms with van der Waals surface area (Å²) in [5.74, 6) is -1.41. The van der Waals surface area contributed by atoms with Crippen LogP contribution in [-0.2, 0) is 14.3 Å². The number of hydrogen-bond donors (Lipinski definition) is 2. The van der Waals surface area contributed by atoms with Gasteiger partial charge in [0.15, 0.2) is 0 Å². The highest BCUT2D eigenvalue weighted by Gasteiger charge is 2.33. The molecule has 0 radical (unpaired) electrons. The van der Waals surface area contributed by atoms with E-state index in [1.165, 1.54) is 7.11 Å². The van der Waals surface area contributed by atoms with Gasteiger partial charge >= 0.3 is 5.97 Å². The molecule has 0 rings (SSSR count). The molecule has 1 amide bonds. The maximum absolute atomic E-state index is 11.7. The minimum atomic E-state index is -1.03. The fourth-order valence-electron chi connectivity index (χ4n) is 1.05. The van der Waals surface area contributed by atoms with Crippen molar-refractivity contribution in [1.82, 2.24) is 5.32 Å². The van der Waals surface area contributed by atoms with Crippen LogP contribution in [-0.4, -0.2) is 35.7 Å². The van der Waals surface area contributed by atoms with Gasteiger partial charge in [0.2, 0.25) is 0 Å². The first-order valence-electron chi connectivity index (χ1n) is 5.00. The van der Waals surface area contributed by atoms with E-state index < -0.39 is 17.6 Å². The van der Waals surface area contributed by atoms with Gasteiger partial charge in [0.05, 0.1) is 0 Å². The number of carbonyl (C=O) groups excluding carboxylic acids is 1. The largest absolute Gasteiger partial charge is 0.480 e. The second kappa shape index (κ2) is 5.70. The summed E-state index contributed by atoms with van der Waals surface area (Å²) in [6.45, 7) is 5.15. The molecule has 0 bridgehead atoms. The summed E-state index contributed by atoms with van der Waals surface area (Å²) < 4.78 is 5.07. The van der Waals surface area contributed by atoms with E-state index in [-0.39, 0.29) is 5.91 Å². The summed E-state index contributed by atoms with van der Waals surface area (Å²) in [5, 5.41) is 11.2. The van der Waals surface area contributed by atoms with Crippen LogP contribution in [0.2, 0.25) is 0 Å². The molecule has 88 valence electrons. The van der Waals surface area contributed by atoms with E-state index in [9.17, 15) is 9.59 Å². The summed E-state index contributed by atoms with van der Waals surface area (Å²) in [6.07, 6.45) is 0.843. The highest BCUT2D eigenvalue weighted by Crippen LogP contribution is 2.14. The standard InChI is InChI=1S/C10H19NO4/c1-5-7(8(12)13)11-9(14)10(3,6-2)15-4/h7H,5-6H2,1-4H3,(H,11,14)(H,12,13). The summed E-state index contributed by atoms with van der Waals surface area (Å²) in [6, 6.07) is -0.849. The highest BCUT2D eigenvalue weighted by molar-refractivity contribution is 5.88. The molecule has 0 aromatic rings. The van der Waals surface area contributed by atoms with Gasteiger partial charge in [-0.25, -0.2) is 4.79 Å². The van der Waals surface area contributed by atoms with E-state index in [1.54, 1.807) is 13.8 Å². The predicted molar refractivity (Wildman–Crippen MR) is 55.6 cm³/mol. The Hall–Kier alpha value is -1.10. The molecular formula is C10H19NO4. The van der Waals surface area contributed by atoms with Gasteiger partial charge in [-0.05, 0) is 19.8 Å². The molecule has 2 atom stereocenters. The predicted octanol–water partition coefficient (Wildman–Crippen LogP) is 0.781. The summed E-state index contributed by atoms with van der Waals surface area (Å²) in [7, 11) is 1.44. The summed E-state index contributed by atoms with van der Waals surface area (Å²) in [4.78, 5) is 22.4. The lowest BCUT2D eigenvalue weighted by atomic mass is 10.0. The number of carboxylic acids is 1. The fraction of sp³-hybridized carbons (Fsp3) is 0.800. The Morgan fingerprint density at radius 1 is 1.47 bits per heavy atom. The second-order valence-electron chi connectivity index (χ2n) is 3.56. The van der Waals surface area contributed by atoms with Crippen molar-refractivity contribution < 1.29 is 19.4 Å². The molecule has 2 N–H and O–H groups in total. The molecule has 5 heteroatoms. The van der Waals surface area contributed by atoms with Crippen LogP contribution in [0.3, 0.4) is 0 Å². The Morgan fingerprint density at radius 2 is 2.00 bits per heavy atom. The van der Waals surface area contributed by atoms with Crippen molar-refractivity contribution in [1.29, 1.82) is 0 Å². The van der Waals surface area contributed by atoms with Gasteiger partial charge in [-0.15, -0.1) is 0 Å². The van der Waals surface area contributed by atoms with Crippen LogP contribution in [0.25, 0.3) is 0 Å². The van der Waals surface area contributed by atoms with Crippen molar-refractivity contribution in [2.45, 2.75) is 45.3 Å². The Labute approximate surface area is 89.8 Å². The lowest BCUT2D eigenvalue weighted by molar-refractivity contribution is -0.148. The monoisotopic (exact) mass is 217 g/mol. The van der Waals surface area contributed by atoms with Gasteiger partial charge in [0, 0.05) is 7.11 Å². The molecule has 0 saturated carbocycles. The molecule has 0 aliphatic rings. The lowest BCUT2D eigenvalue weighted by Gasteiger charge is -2.26. The number of carbonyl (C=O) groups is 2. The van der Waals surface area contributed by atoms with Crippen LogP contribution in [0.1, 0.15) is 33.6 Å². The van der Waals surface area contributed by atoms with E-state index in [1.807, 2.05) is 6.92 Å². The molecule has 0 heterocycles. The maximum Gasteiger partial charge on any atom is 0.326 e. The zero-order valence-electron chi connectivity index (χ0n) is 9.66. The molecule has 5 nitrogen and oxygen atoms in total. The van der Waals surface area contributed by atoms with Crippen molar-refractivity contribution in [3.8, 4) is 0 Å². The lowest BCUT2D eigenvalue weighted by Crippen LogP contribution is -2.51. The Kier molecular flexibility index (Phi) is 5.28. The van der Waals surface area contributed by atoms with Gasteiger partial charge in [-0.1, -0.05) is 13.8 Å². The van der Waals surface area contributed by atoms with Crippen LogP contribution < -0.4 is 5.32 Å². The maximum atomic E-state index is 11.7. The first-order chi connectivity index (χ1) is 6.91. The average Bonchev–Trinajstić information content (AvgIpc) is 2.23. The Balaban J connectivity index is 4.52. The summed E-state index contributed by atoms with van der Waals surface area (Å²) >= 11 is 0. The van der Waals surface area contributed by atoms with Crippen molar-refractivity contribution in [2.75, 3.05) is 7.11 Å². The average molecular weight is 217 g/mol. The van der Waals surface area contributed by atoms with Crippen molar-refractivity contribution in [3.63, 3.8) is 0 Å². The molecule has 0 aromatic carbocycles. The molecule has 0 saturated heterocycles. The van der Waals surface area contributed by atoms with E-state index in [4.69, 9.17) is 9.84 Å². The van der Waals surface area contributed by atoms with Crippen LogP contribution in [0.5, 0.6) is 0 Å². The number of rotatable bonds is 6. The van der Waals surface area contributed by atoms with E-state index in [0.29, 0.717) is 12.8 Å². The molecule has 0 spiro atoms. The molecule has 0 fully saturated rings. The SMILES string of the molecule is CCC(NC(=O)C(C)(CC)OC)C(=O)O. The van der Waals surface area contributed by atoms with Crippen molar-refractivity contribution >= 4 is 11.9 Å². The van der Waals surface area contributed by atoms with Crippen LogP contribution in [0, 0.1) is 0 Å². The third kappa shape index (κ3) is 3.51. The van der Waals surface area contributed by atoms with Crippen molar-refractivity contribution in [2.24, 2.45) is 0 Å². The van der Waals surface area contributed by atoms with Crippen LogP contribution >= 0.6 is 0 Å². The molecule has 0 aliphatic carbocycles. The van der Waals surface area contributed by atoms with Gasteiger partial charge in [0.1, 0.15) is 11.6 Å². The van der Waals surface area contributed by atoms with Gasteiger partial charge in [0.25, 0.3) is 5.91 Å².